The van der Waals surface area contributed by atoms with Crippen LogP contribution >= 0.6 is 0 Å². The predicted molar refractivity (Wildman–Crippen MR) is 122 cm³/mol. The monoisotopic (exact) mass is 402 g/mol. The highest BCUT2D eigenvalue weighted by Gasteiger charge is 2.15. The van der Waals surface area contributed by atoms with Crippen LogP contribution < -0.4 is 20.9 Å². The number of urea groups is 1. The third kappa shape index (κ3) is 5.05. The molecule has 1 aliphatic heterocycles. The molecule has 1 fully saturated rings. The summed E-state index contributed by atoms with van der Waals surface area (Å²) in [5, 5.41) is 8.99. The summed E-state index contributed by atoms with van der Waals surface area (Å²) in [6.07, 6.45) is 2.41. The first-order valence-corrected chi connectivity index (χ1v) is 10.2. The molecule has 3 aromatic rings. The minimum atomic E-state index is -0.277. The second kappa shape index (κ2) is 8.82. The predicted octanol–water partition coefficient (Wildman–Crippen LogP) is 5.08. The highest BCUT2D eigenvalue weighted by Crippen LogP contribution is 2.23. The molecule has 0 saturated carbocycles. The van der Waals surface area contributed by atoms with Crippen molar-refractivity contribution in [3.63, 3.8) is 0 Å². The van der Waals surface area contributed by atoms with E-state index in [1.165, 1.54) is 12.8 Å². The fourth-order valence-corrected chi connectivity index (χ4v) is 3.44. The van der Waals surface area contributed by atoms with Crippen molar-refractivity contribution in [3.05, 3.63) is 66.0 Å². The van der Waals surface area contributed by atoms with Gasteiger partial charge in [0.2, 0.25) is 0 Å². The number of amides is 2. The van der Waals surface area contributed by atoms with E-state index in [-0.39, 0.29) is 6.03 Å². The minimum Gasteiger partial charge on any atom is -0.356 e. The lowest BCUT2D eigenvalue weighted by molar-refractivity contribution is 0.262. The second-order valence-electron chi connectivity index (χ2n) is 7.50. The fourth-order valence-electron chi connectivity index (χ4n) is 3.44. The van der Waals surface area contributed by atoms with E-state index in [2.05, 4.69) is 30.8 Å². The van der Waals surface area contributed by atoms with Crippen LogP contribution in [0.15, 0.2) is 54.6 Å². The zero-order valence-electron chi connectivity index (χ0n) is 17.3. The molecule has 0 spiro atoms. The van der Waals surface area contributed by atoms with Gasteiger partial charge in [-0.3, -0.25) is 0 Å². The van der Waals surface area contributed by atoms with E-state index in [0.717, 1.165) is 47.5 Å². The standard InChI is InChI=1S/C23H26N6O/c1-16-5-7-19(8-6-16)27-23(30)28-20-11-9-18(10-12-20)26-21-15-22(25-17(2)24-21)29-13-3-4-14-29/h5-12,15H,3-4,13-14H2,1-2H3,(H,24,25,26)(H2,27,28,30). The van der Waals surface area contributed by atoms with Gasteiger partial charge < -0.3 is 20.9 Å². The molecule has 7 heteroatoms. The molecular formula is C23H26N6O. The van der Waals surface area contributed by atoms with Crippen molar-refractivity contribution in [3.8, 4) is 0 Å². The number of anilines is 5. The molecule has 1 aromatic heterocycles. The third-order valence-corrected chi connectivity index (χ3v) is 4.98. The van der Waals surface area contributed by atoms with Gasteiger partial charge in [-0.2, -0.15) is 0 Å². The summed E-state index contributed by atoms with van der Waals surface area (Å²) in [5.41, 5.74) is 3.51. The minimum absolute atomic E-state index is 0.277. The maximum atomic E-state index is 12.2. The van der Waals surface area contributed by atoms with Gasteiger partial charge in [-0.15, -0.1) is 0 Å². The number of aryl methyl sites for hydroxylation is 2. The molecule has 2 amide bonds. The van der Waals surface area contributed by atoms with Crippen molar-refractivity contribution < 1.29 is 4.79 Å². The van der Waals surface area contributed by atoms with Crippen LogP contribution in [0.2, 0.25) is 0 Å². The first-order chi connectivity index (χ1) is 14.5. The molecule has 154 valence electrons. The number of benzene rings is 2. The normalized spacial score (nSPS) is 13.2. The molecule has 30 heavy (non-hydrogen) atoms. The summed E-state index contributed by atoms with van der Waals surface area (Å²) < 4.78 is 0. The number of rotatable bonds is 5. The van der Waals surface area contributed by atoms with Crippen molar-refractivity contribution in [1.82, 2.24) is 9.97 Å². The van der Waals surface area contributed by atoms with E-state index in [4.69, 9.17) is 0 Å². The van der Waals surface area contributed by atoms with Gasteiger partial charge >= 0.3 is 6.03 Å². The van der Waals surface area contributed by atoms with Crippen LogP contribution in [0.3, 0.4) is 0 Å². The van der Waals surface area contributed by atoms with Crippen molar-refractivity contribution in [1.29, 1.82) is 0 Å². The highest BCUT2D eigenvalue weighted by atomic mass is 16.2. The maximum Gasteiger partial charge on any atom is 0.323 e. The van der Waals surface area contributed by atoms with E-state index in [0.29, 0.717) is 5.69 Å². The molecule has 0 bridgehead atoms. The van der Waals surface area contributed by atoms with Gasteiger partial charge in [0.05, 0.1) is 0 Å². The SMILES string of the molecule is Cc1ccc(NC(=O)Nc2ccc(Nc3cc(N4CCCC4)nc(C)n3)cc2)cc1. The number of hydrogen-bond donors (Lipinski definition) is 3. The summed E-state index contributed by atoms with van der Waals surface area (Å²) in [7, 11) is 0. The molecule has 1 saturated heterocycles. The number of carbonyl (C=O) groups excluding carboxylic acids is 1. The van der Waals surface area contributed by atoms with Crippen LogP contribution in [0.1, 0.15) is 24.2 Å². The summed E-state index contributed by atoms with van der Waals surface area (Å²) in [6.45, 7) is 6.00. The molecule has 2 aromatic carbocycles. The Bertz CT molecular complexity index is 1010. The smallest absolute Gasteiger partial charge is 0.323 e. The van der Waals surface area contributed by atoms with Crippen LogP contribution in [-0.2, 0) is 0 Å². The Hall–Kier alpha value is -3.61. The van der Waals surface area contributed by atoms with E-state index in [9.17, 15) is 4.79 Å². The molecule has 0 unspecified atom stereocenters. The largest absolute Gasteiger partial charge is 0.356 e. The lowest BCUT2D eigenvalue weighted by Crippen LogP contribution is -2.19. The molecule has 0 atom stereocenters. The summed E-state index contributed by atoms with van der Waals surface area (Å²) in [5.74, 6) is 2.48. The van der Waals surface area contributed by atoms with Crippen LogP contribution in [0.4, 0.5) is 33.5 Å². The average molecular weight is 403 g/mol. The highest BCUT2D eigenvalue weighted by molar-refractivity contribution is 5.99. The van der Waals surface area contributed by atoms with Gasteiger partial charge in [0.15, 0.2) is 0 Å². The van der Waals surface area contributed by atoms with Gasteiger partial charge in [0.1, 0.15) is 17.5 Å². The van der Waals surface area contributed by atoms with Gasteiger partial charge in [0, 0.05) is 36.2 Å². The van der Waals surface area contributed by atoms with E-state index in [1.807, 2.05) is 68.4 Å². The maximum absolute atomic E-state index is 12.2. The van der Waals surface area contributed by atoms with Crippen LogP contribution in [0.5, 0.6) is 0 Å². The Labute approximate surface area is 176 Å². The Kier molecular flexibility index (Phi) is 5.79. The van der Waals surface area contributed by atoms with Crippen LogP contribution in [0, 0.1) is 13.8 Å². The lowest BCUT2D eigenvalue weighted by atomic mass is 10.2. The Morgan fingerprint density at radius 3 is 2.03 bits per heavy atom. The number of hydrogen-bond acceptors (Lipinski definition) is 5. The van der Waals surface area contributed by atoms with E-state index < -0.39 is 0 Å². The second-order valence-corrected chi connectivity index (χ2v) is 7.50. The van der Waals surface area contributed by atoms with Gasteiger partial charge in [-0.1, -0.05) is 17.7 Å². The quantitative estimate of drug-likeness (QED) is 0.554. The Morgan fingerprint density at radius 2 is 1.40 bits per heavy atom. The molecule has 3 N–H and O–H groups in total. The van der Waals surface area contributed by atoms with Crippen LogP contribution in [0.25, 0.3) is 0 Å². The van der Waals surface area contributed by atoms with Gasteiger partial charge in [-0.05, 0) is 63.1 Å². The first-order valence-electron chi connectivity index (χ1n) is 10.2. The Morgan fingerprint density at radius 1 is 0.833 bits per heavy atom. The van der Waals surface area contributed by atoms with Crippen molar-refractivity contribution in [2.75, 3.05) is 33.9 Å². The molecule has 7 nitrogen and oxygen atoms in total. The molecule has 4 rings (SSSR count). The van der Waals surface area contributed by atoms with Gasteiger partial charge in [0.25, 0.3) is 0 Å². The van der Waals surface area contributed by atoms with Gasteiger partial charge in [-0.25, -0.2) is 14.8 Å². The van der Waals surface area contributed by atoms with Crippen molar-refractivity contribution in [2.24, 2.45) is 0 Å². The molecule has 2 heterocycles. The van der Waals surface area contributed by atoms with Crippen molar-refractivity contribution in [2.45, 2.75) is 26.7 Å². The number of carbonyl (C=O) groups is 1. The topological polar surface area (TPSA) is 82.2 Å². The Balaban J connectivity index is 1.37. The van der Waals surface area contributed by atoms with E-state index in [1.54, 1.807) is 0 Å². The molecule has 1 aliphatic rings. The lowest BCUT2D eigenvalue weighted by Gasteiger charge is -2.18. The summed E-state index contributed by atoms with van der Waals surface area (Å²) >= 11 is 0. The molecular weight excluding hydrogens is 376 g/mol. The van der Waals surface area contributed by atoms with Crippen LogP contribution in [-0.4, -0.2) is 29.1 Å². The van der Waals surface area contributed by atoms with Crippen molar-refractivity contribution >= 4 is 34.7 Å². The summed E-state index contributed by atoms with van der Waals surface area (Å²) in [4.78, 5) is 23.5. The summed E-state index contributed by atoms with van der Waals surface area (Å²) in [6, 6.07) is 16.9. The zero-order chi connectivity index (χ0) is 20.9. The number of nitrogens with one attached hydrogen (secondary N) is 3. The van der Waals surface area contributed by atoms with E-state index >= 15 is 0 Å². The number of aromatic nitrogens is 2. The first kappa shape index (κ1) is 19.7. The fraction of sp³-hybridized carbons (Fsp3) is 0.261. The number of nitrogens with zero attached hydrogens (tertiary/aromatic N) is 3. The average Bonchev–Trinajstić information content (AvgIpc) is 3.26. The molecule has 0 aliphatic carbocycles. The third-order valence-electron chi connectivity index (χ3n) is 4.98. The zero-order valence-corrected chi connectivity index (χ0v) is 17.3. The molecule has 0 radical (unpaired) electrons.